The second kappa shape index (κ2) is 6.75. The highest BCUT2D eigenvalue weighted by atomic mass is 16.4. The Hall–Kier alpha value is -1.18. The molecule has 7 nitrogen and oxygen atoms in total. The van der Waals surface area contributed by atoms with Crippen LogP contribution in [-0.2, 0) is 9.59 Å². The minimum Gasteiger partial charge on any atom is -0.481 e. The standard InChI is InChI=1S/C16H26N2O5/c19-13-4-11(15(20)21)7-18(8-13)12-2-1-9-6-17-14(16(22)23)5-10(9)3-12/h9-14,17,19H,1-8H2,(H,20,21)(H,22,23)/t9?,10?,11-,12?,13-,14?/m1/s1. The molecule has 3 aliphatic rings. The first kappa shape index (κ1) is 16.7. The van der Waals surface area contributed by atoms with Gasteiger partial charge in [-0.2, -0.15) is 0 Å². The smallest absolute Gasteiger partial charge is 0.320 e. The molecule has 6 atom stereocenters. The Labute approximate surface area is 135 Å². The second-order valence-corrected chi connectivity index (χ2v) is 7.40. The summed E-state index contributed by atoms with van der Waals surface area (Å²) in [6.45, 7) is 1.79. The van der Waals surface area contributed by atoms with Crippen LogP contribution in [0.3, 0.4) is 0 Å². The van der Waals surface area contributed by atoms with Crippen LogP contribution in [-0.4, -0.2) is 70.0 Å². The molecule has 23 heavy (non-hydrogen) atoms. The fourth-order valence-electron chi connectivity index (χ4n) is 4.64. The van der Waals surface area contributed by atoms with Crippen LogP contribution >= 0.6 is 0 Å². The number of likely N-dealkylation sites (tertiary alicyclic amines) is 1. The van der Waals surface area contributed by atoms with Gasteiger partial charge in [-0.05, 0) is 50.5 Å². The molecule has 1 saturated carbocycles. The van der Waals surface area contributed by atoms with E-state index in [0.29, 0.717) is 37.8 Å². The van der Waals surface area contributed by atoms with Gasteiger partial charge in [0.05, 0.1) is 12.0 Å². The average Bonchev–Trinajstić information content (AvgIpc) is 2.53. The molecule has 1 aliphatic carbocycles. The molecule has 0 aromatic carbocycles. The summed E-state index contributed by atoms with van der Waals surface area (Å²) < 4.78 is 0. The lowest BCUT2D eigenvalue weighted by molar-refractivity contribution is -0.147. The number of fused-ring (bicyclic) bond motifs is 1. The SMILES string of the molecule is O=C(O)C1CC2CC(N3C[C@H](O)C[C@@H](C(=O)O)C3)CCC2CN1. The number of carbonyl (C=O) groups is 2. The zero-order valence-corrected chi connectivity index (χ0v) is 13.2. The van der Waals surface area contributed by atoms with Crippen molar-refractivity contribution < 1.29 is 24.9 Å². The first-order valence-corrected chi connectivity index (χ1v) is 8.55. The monoisotopic (exact) mass is 326 g/mol. The van der Waals surface area contributed by atoms with E-state index in [9.17, 15) is 24.9 Å². The summed E-state index contributed by atoms with van der Waals surface area (Å²) in [6, 6.07) is -0.200. The van der Waals surface area contributed by atoms with E-state index in [2.05, 4.69) is 10.2 Å². The number of carboxylic acids is 2. The van der Waals surface area contributed by atoms with E-state index in [1.807, 2.05) is 0 Å². The Morgan fingerprint density at radius 3 is 2.43 bits per heavy atom. The van der Waals surface area contributed by atoms with Gasteiger partial charge in [-0.1, -0.05) is 0 Å². The lowest BCUT2D eigenvalue weighted by atomic mass is 9.71. The van der Waals surface area contributed by atoms with Crippen molar-refractivity contribution in [3.05, 3.63) is 0 Å². The van der Waals surface area contributed by atoms with Crippen molar-refractivity contribution in [2.75, 3.05) is 19.6 Å². The van der Waals surface area contributed by atoms with Crippen molar-refractivity contribution >= 4 is 11.9 Å². The van der Waals surface area contributed by atoms with Crippen LogP contribution in [0, 0.1) is 17.8 Å². The van der Waals surface area contributed by atoms with Crippen molar-refractivity contribution in [1.82, 2.24) is 10.2 Å². The highest BCUT2D eigenvalue weighted by Gasteiger charge is 2.41. The number of hydrogen-bond donors (Lipinski definition) is 4. The molecule has 0 spiro atoms. The number of hydrogen-bond acceptors (Lipinski definition) is 5. The van der Waals surface area contributed by atoms with Gasteiger partial charge >= 0.3 is 11.9 Å². The number of piperidine rings is 2. The van der Waals surface area contributed by atoms with Crippen LogP contribution in [0.4, 0.5) is 0 Å². The van der Waals surface area contributed by atoms with E-state index in [1.165, 1.54) is 0 Å². The number of β-amino-alcohol motifs (C(OH)–C–C–N with tert-alkyl or cyclic N) is 1. The number of rotatable bonds is 3. The van der Waals surface area contributed by atoms with Crippen molar-refractivity contribution in [1.29, 1.82) is 0 Å². The van der Waals surface area contributed by atoms with Crippen LogP contribution in [0.5, 0.6) is 0 Å². The van der Waals surface area contributed by atoms with Gasteiger partial charge < -0.3 is 20.6 Å². The fourth-order valence-corrected chi connectivity index (χ4v) is 4.64. The van der Waals surface area contributed by atoms with Gasteiger partial charge in [0.1, 0.15) is 6.04 Å². The molecule has 2 saturated heterocycles. The predicted molar refractivity (Wildman–Crippen MR) is 82.0 cm³/mol. The van der Waals surface area contributed by atoms with Crippen molar-refractivity contribution in [2.45, 2.75) is 50.3 Å². The first-order chi connectivity index (χ1) is 10.9. The maximum atomic E-state index is 11.3. The van der Waals surface area contributed by atoms with E-state index < -0.39 is 30.0 Å². The summed E-state index contributed by atoms with van der Waals surface area (Å²) in [6.07, 6.45) is 3.35. The Morgan fingerprint density at radius 1 is 0.957 bits per heavy atom. The molecule has 4 unspecified atom stereocenters. The van der Waals surface area contributed by atoms with Crippen LogP contribution in [0.25, 0.3) is 0 Å². The molecule has 0 amide bonds. The van der Waals surface area contributed by atoms with Gasteiger partial charge in [0.2, 0.25) is 0 Å². The van der Waals surface area contributed by atoms with E-state index >= 15 is 0 Å². The lowest BCUT2D eigenvalue weighted by Crippen LogP contribution is -2.55. The minimum atomic E-state index is -0.838. The summed E-state index contributed by atoms with van der Waals surface area (Å²) in [4.78, 5) is 24.6. The van der Waals surface area contributed by atoms with E-state index in [-0.39, 0.29) is 6.04 Å². The van der Waals surface area contributed by atoms with Crippen LogP contribution < -0.4 is 5.32 Å². The molecule has 0 radical (unpaired) electrons. The maximum Gasteiger partial charge on any atom is 0.320 e. The van der Waals surface area contributed by atoms with Gasteiger partial charge in [-0.25, -0.2) is 0 Å². The van der Waals surface area contributed by atoms with Gasteiger partial charge in [-0.3, -0.25) is 14.5 Å². The molecule has 0 aromatic rings. The summed E-state index contributed by atoms with van der Waals surface area (Å²) in [7, 11) is 0. The Balaban J connectivity index is 1.63. The third-order valence-electron chi connectivity index (χ3n) is 5.90. The Bertz CT molecular complexity index is 471. The van der Waals surface area contributed by atoms with Crippen LogP contribution in [0.1, 0.15) is 32.1 Å². The predicted octanol–water partition coefficient (Wildman–Crippen LogP) is -0.0148. The largest absolute Gasteiger partial charge is 0.481 e. The van der Waals surface area contributed by atoms with E-state index in [4.69, 9.17) is 0 Å². The van der Waals surface area contributed by atoms with Crippen LogP contribution in [0.15, 0.2) is 0 Å². The number of aliphatic hydroxyl groups excluding tert-OH is 1. The number of aliphatic carboxylic acids is 2. The van der Waals surface area contributed by atoms with Gasteiger partial charge in [0.25, 0.3) is 0 Å². The third kappa shape index (κ3) is 3.67. The highest BCUT2D eigenvalue weighted by molar-refractivity contribution is 5.73. The van der Waals surface area contributed by atoms with Gasteiger partial charge in [0.15, 0.2) is 0 Å². The molecular formula is C16H26N2O5. The summed E-state index contributed by atoms with van der Waals surface area (Å²) in [5.41, 5.74) is 0. The summed E-state index contributed by atoms with van der Waals surface area (Å²) >= 11 is 0. The molecule has 2 heterocycles. The van der Waals surface area contributed by atoms with Gasteiger partial charge in [-0.15, -0.1) is 0 Å². The van der Waals surface area contributed by atoms with Crippen molar-refractivity contribution in [2.24, 2.45) is 17.8 Å². The summed E-state index contributed by atoms with van der Waals surface area (Å²) in [5, 5.41) is 31.5. The molecule has 4 N–H and O–H groups in total. The minimum absolute atomic E-state index is 0.264. The quantitative estimate of drug-likeness (QED) is 0.577. The lowest BCUT2D eigenvalue weighted by Gasteiger charge is -2.47. The Kier molecular flexibility index (Phi) is 4.89. The normalized spacial score (nSPS) is 42.0. The second-order valence-electron chi connectivity index (χ2n) is 7.40. The highest BCUT2D eigenvalue weighted by Crippen LogP contribution is 2.38. The topological polar surface area (TPSA) is 110 Å². The van der Waals surface area contributed by atoms with Crippen molar-refractivity contribution in [3.63, 3.8) is 0 Å². The fraction of sp³-hybridized carbons (Fsp3) is 0.875. The molecule has 0 bridgehead atoms. The molecule has 7 heteroatoms. The first-order valence-electron chi connectivity index (χ1n) is 8.55. The molecule has 3 fully saturated rings. The number of nitrogens with zero attached hydrogens (tertiary/aromatic N) is 1. The summed E-state index contributed by atoms with van der Waals surface area (Å²) in [5.74, 6) is -1.23. The Morgan fingerprint density at radius 2 is 1.74 bits per heavy atom. The van der Waals surface area contributed by atoms with Crippen molar-refractivity contribution in [3.8, 4) is 0 Å². The molecule has 0 aromatic heterocycles. The number of carboxylic acid groups (broad SMARTS) is 2. The average molecular weight is 326 g/mol. The molecule has 130 valence electrons. The maximum absolute atomic E-state index is 11.3. The molecule has 3 rings (SSSR count). The number of aliphatic hydroxyl groups is 1. The zero-order chi connectivity index (χ0) is 16.6. The third-order valence-corrected chi connectivity index (χ3v) is 5.90. The zero-order valence-electron chi connectivity index (χ0n) is 13.2. The van der Waals surface area contributed by atoms with E-state index in [1.54, 1.807) is 0 Å². The molecule has 2 aliphatic heterocycles. The van der Waals surface area contributed by atoms with Gasteiger partial charge in [0, 0.05) is 19.1 Å². The van der Waals surface area contributed by atoms with Crippen LogP contribution in [0.2, 0.25) is 0 Å². The number of nitrogens with one attached hydrogen (secondary N) is 1. The molecular weight excluding hydrogens is 300 g/mol. The van der Waals surface area contributed by atoms with E-state index in [0.717, 1.165) is 25.8 Å².